The van der Waals surface area contributed by atoms with E-state index >= 15 is 0 Å². The van der Waals surface area contributed by atoms with E-state index in [0.29, 0.717) is 5.69 Å². The van der Waals surface area contributed by atoms with Gasteiger partial charge in [0, 0.05) is 24.2 Å². The molecule has 4 unspecified atom stereocenters. The number of ether oxygens (including phenoxy) is 2. The Kier molecular flexibility index (Phi) is 6.23. The van der Waals surface area contributed by atoms with Crippen LogP contribution in [-0.2, 0) is 23.9 Å². The molecule has 160 valence electrons. The van der Waals surface area contributed by atoms with Crippen LogP contribution in [0.1, 0.15) is 66.5 Å². The van der Waals surface area contributed by atoms with E-state index in [-0.39, 0.29) is 6.42 Å². The molecule has 1 saturated carbocycles. The van der Waals surface area contributed by atoms with Crippen molar-refractivity contribution in [2.45, 2.75) is 77.6 Å². The molecule has 0 bridgehead atoms. The molecule has 7 nitrogen and oxygen atoms in total. The molecule has 1 fully saturated rings. The Balaban J connectivity index is 2.59. The second-order valence-corrected chi connectivity index (χ2v) is 9.80. The molecule has 7 heteroatoms. The molecule has 1 aliphatic rings. The predicted molar refractivity (Wildman–Crippen MR) is 106 cm³/mol. The van der Waals surface area contributed by atoms with Gasteiger partial charge in [-0.25, -0.2) is 0 Å². The number of pyridine rings is 1. The first-order valence-electron chi connectivity index (χ1n) is 9.74. The minimum Gasteiger partial charge on any atom is -0.460 e. The lowest BCUT2D eigenvalue weighted by atomic mass is 9.62. The number of hydrogen-bond donors (Lipinski definition) is 1. The van der Waals surface area contributed by atoms with Crippen LogP contribution in [0.5, 0.6) is 0 Å². The van der Waals surface area contributed by atoms with Crippen LogP contribution < -0.4 is 0 Å². The number of esters is 2. The van der Waals surface area contributed by atoms with Crippen molar-refractivity contribution in [3.8, 4) is 0 Å². The number of carbonyl (C=O) groups is 3. The van der Waals surface area contributed by atoms with Crippen molar-refractivity contribution in [1.82, 2.24) is 4.98 Å². The summed E-state index contributed by atoms with van der Waals surface area (Å²) in [5.74, 6) is -5.33. The van der Waals surface area contributed by atoms with Crippen LogP contribution in [0.4, 0.5) is 0 Å². The van der Waals surface area contributed by atoms with E-state index in [4.69, 9.17) is 9.47 Å². The normalized spacial score (nSPS) is 28.0. The lowest BCUT2D eigenvalue weighted by molar-refractivity contribution is -0.182. The van der Waals surface area contributed by atoms with Crippen LogP contribution in [-0.4, -0.2) is 44.6 Å². The lowest BCUT2D eigenvalue weighted by Crippen LogP contribution is -2.56. The van der Waals surface area contributed by atoms with Crippen LogP contribution >= 0.6 is 0 Å². The molecule has 4 atom stereocenters. The average Bonchev–Trinajstić information content (AvgIpc) is 2.50. The highest BCUT2D eigenvalue weighted by atomic mass is 16.6. The van der Waals surface area contributed by atoms with Gasteiger partial charge in [0.25, 0.3) is 0 Å². The highest BCUT2D eigenvalue weighted by molar-refractivity contribution is 6.02. The molecule has 1 aromatic heterocycles. The zero-order valence-electron chi connectivity index (χ0n) is 18.2. The number of aromatic nitrogens is 1. The molecular formula is C22H31NO6. The SMILES string of the molecule is CC(C)(C)OC(=O)C1C(=O)CC(C)(O)C(C(=O)OC(C)(C)C)C1c1ccccn1. The van der Waals surface area contributed by atoms with Gasteiger partial charge in [-0.05, 0) is 60.6 Å². The number of ketones is 1. The van der Waals surface area contributed by atoms with Crippen LogP contribution in [0, 0.1) is 11.8 Å². The molecule has 2 rings (SSSR count). The Bertz CT molecular complexity index is 773. The lowest BCUT2D eigenvalue weighted by Gasteiger charge is -2.44. The monoisotopic (exact) mass is 405 g/mol. The molecule has 0 spiro atoms. The van der Waals surface area contributed by atoms with Crippen molar-refractivity contribution in [3.63, 3.8) is 0 Å². The molecule has 1 aliphatic carbocycles. The molecule has 0 amide bonds. The second kappa shape index (κ2) is 7.86. The zero-order valence-corrected chi connectivity index (χ0v) is 18.2. The first-order valence-corrected chi connectivity index (χ1v) is 9.74. The predicted octanol–water partition coefficient (Wildman–Crippen LogP) is 2.80. The Hall–Kier alpha value is -2.28. The van der Waals surface area contributed by atoms with Crippen molar-refractivity contribution in [2.75, 3.05) is 0 Å². The fourth-order valence-corrected chi connectivity index (χ4v) is 3.68. The summed E-state index contributed by atoms with van der Waals surface area (Å²) >= 11 is 0. The van der Waals surface area contributed by atoms with Crippen LogP contribution in [0.15, 0.2) is 24.4 Å². The number of Topliss-reactive ketones (excluding diaryl/α,β-unsaturated/α-hetero) is 1. The topological polar surface area (TPSA) is 103 Å². The Morgan fingerprint density at radius 2 is 1.62 bits per heavy atom. The number of carbonyl (C=O) groups excluding carboxylic acids is 3. The van der Waals surface area contributed by atoms with Crippen molar-refractivity contribution >= 4 is 17.7 Å². The zero-order chi connectivity index (χ0) is 22.2. The summed E-state index contributed by atoms with van der Waals surface area (Å²) < 4.78 is 11.0. The third-order valence-electron chi connectivity index (χ3n) is 4.62. The van der Waals surface area contributed by atoms with E-state index in [2.05, 4.69) is 4.98 Å². The number of aliphatic hydroxyl groups is 1. The number of nitrogens with zero attached hydrogens (tertiary/aromatic N) is 1. The van der Waals surface area contributed by atoms with Gasteiger partial charge in [0.2, 0.25) is 0 Å². The summed E-state index contributed by atoms with van der Waals surface area (Å²) in [6.07, 6.45) is 1.16. The standard InChI is InChI=1S/C22H31NO6/c1-20(2,3)28-18(25)16-14(24)12-22(7,27)17(19(26)29-21(4,5)6)15(16)13-10-8-9-11-23-13/h8-11,15-17,27H,12H2,1-7H3. The Labute approximate surface area is 171 Å². The van der Waals surface area contributed by atoms with Crippen LogP contribution in [0.2, 0.25) is 0 Å². The summed E-state index contributed by atoms with van der Waals surface area (Å²) in [5, 5.41) is 11.0. The minimum atomic E-state index is -1.69. The van der Waals surface area contributed by atoms with E-state index in [1.807, 2.05) is 0 Å². The average molecular weight is 405 g/mol. The van der Waals surface area contributed by atoms with Crippen molar-refractivity contribution < 1.29 is 29.0 Å². The van der Waals surface area contributed by atoms with Gasteiger partial charge in [-0.1, -0.05) is 6.07 Å². The van der Waals surface area contributed by atoms with Gasteiger partial charge in [-0.2, -0.15) is 0 Å². The number of rotatable bonds is 3. The summed E-state index contributed by atoms with van der Waals surface area (Å²) in [6, 6.07) is 5.03. The maximum Gasteiger partial charge on any atom is 0.317 e. The highest BCUT2D eigenvalue weighted by Gasteiger charge is 2.58. The molecule has 1 aromatic rings. The van der Waals surface area contributed by atoms with Gasteiger partial charge >= 0.3 is 11.9 Å². The minimum absolute atomic E-state index is 0.354. The molecule has 0 aromatic carbocycles. The quantitative estimate of drug-likeness (QED) is 0.609. The van der Waals surface area contributed by atoms with Gasteiger partial charge in [-0.15, -0.1) is 0 Å². The summed E-state index contributed by atoms with van der Waals surface area (Å²) in [5.41, 5.74) is -2.95. The van der Waals surface area contributed by atoms with Gasteiger partial charge < -0.3 is 14.6 Å². The fraction of sp³-hybridized carbons (Fsp3) is 0.636. The van der Waals surface area contributed by atoms with E-state index in [1.54, 1.807) is 59.7 Å². The summed E-state index contributed by atoms with van der Waals surface area (Å²) in [4.78, 5) is 43.3. The van der Waals surface area contributed by atoms with Gasteiger partial charge in [0.15, 0.2) is 5.78 Å². The third kappa shape index (κ3) is 5.63. The van der Waals surface area contributed by atoms with Gasteiger partial charge in [0.1, 0.15) is 17.1 Å². The Morgan fingerprint density at radius 3 is 2.10 bits per heavy atom. The second-order valence-electron chi connectivity index (χ2n) is 9.80. The van der Waals surface area contributed by atoms with E-state index < -0.39 is 52.3 Å². The maximum atomic E-state index is 13.1. The Morgan fingerprint density at radius 1 is 1.07 bits per heavy atom. The van der Waals surface area contributed by atoms with E-state index in [1.165, 1.54) is 13.1 Å². The molecule has 1 N–H and O–H groups in total. The van der Waals surface area contributed by atoms with Crippen molar-refractivity contribution in [3.05, 3.63) is 30.1 Å². The van der Waals surface area contributed by atoms with E-state index in [9.17, 15) is 19.5 Å². The molecule has 0 radical (unpaired) electrons. The van der Waals surface area contributed by atoms with Crippen LogP contribution in [0.25, 0.3) is 0 Å². The largest absolute Gasteiger partial charge is 0.460 e. The molecule has 29 heavy (non-hydrogen) atoms. The van der Waals surface area contributed by atoms with Gasteiger partial charge in [-0.3, -0.25) is 19.4 Å². The van der Waals surface area contributed by atoms with Crippen molar-refractivity contribution in [2.24, 2.45) is 11.8 Å². The first kappa shape index (κ1) is 23.0. The summed E-state index contributed by atoms with van der Waals surface area (Å²) in [6.45, 7) is 11.7. The molecule has 0 aliphatic heterocycles. The molecule has 0 saturated heterocycles. The fourth-order valence-electron chi connectivity index (χ4n) is 3.68. The third-order valence-corrected chi connectivity index (χ3v) is 4.62. The van der Waals surface area contributed by atoms with Gasteiger partial charge in [0.05, 0.1) is 11.5 Å². The number of hydrogen-bond acceptors (Lipinski definition) is 7. The summed E-state index contributed by atoms with van der Waals surface area (Å²) in [7, 11) is 0. The maximum absolute atomic E-state index is 13.1. The van der Waals surface area contributed by atoms with E-state index in [0.717, 1.165) is 0 Å². The van der Waals surface area contributed by atoms with Crippen molar-refractivity contribution in [1.29, 1.82) is 0 Å². The first-order chi connectivity index (χ1) is 13.1. The van der Waals surface area contributed by atoms with Crippen LogP contribution in [0.3, 0.4) is 0 Å². The highest BCUT2D eigenvalue weighted by Crippen LogP contribution is 2.46. The smallest absolute Gasteiger partial charge is 0.317 e. The molecule has 1 heterocycles. The molecular weight excluding hydrogens is 374 g/mol.